The lowest BCUT2D eigenvalue weighted by Gasteiger charge is -2.19. The van der Waals surface area contributed by atoms with Gasteiger partial charge in [-0.2, -0.15) is 0 Å². The molecule has 0 amide bonds. The van der Waals surface area contributed by atoms with E-state index >= 15 is 0 Å². The van der Waals surface area contributed by atoms with Crippen LogP contribution in [0.5, 0.6) is 0 Å². The molecule has 0 radical (unpaired) electrons. The Balaban J connectivity index is 3.75. The number of rotatable bonds is 12. The standard InChI is InChI=1S/C15H31ClO/c1-3-5-7-9-11-14(10-8-6-4-2)12-15(17)13-16/h14-15,17H,3-13H2,1-2H3. The molecule has 0 saturated heterocycles. The second kappa shape index (κ2) is 12.7. The molecule has 0 heterocycles. The van der Waals surface area contributed by atoms with E-state index in [2.05, 4.69) is 13.8 Å². The van der Waals surface area contributed by atoms with Crippen molar-refractivity contribution in [2.45, 2.75) is 84.2 Å². The lowest BCUT2D eigenvalue weighted by molar-refractivity contribution is 0.155. The molecule has 0 aromatic rings. The third kappa shape index (κ3) is 11.1. The van der Waals surface area contributed by atoms with E-state index in [0.29, 0.717) is 11.8 Å². The minimum atomic E-state index is -0.297. The number of hydrogen-bond acceptors (Lipinski definition) is 1. The van der Waals surface area contributed by atoms with Crippen molar-refractivity contribution in [2.75, 3.05) is 5.88 Å². The van der Waals surface area contributed by atoms with Gasteiger partial charge in [0.25, 0.3) is 0 Å². The number of hydrogen-bond donors (Lipinski definition) is 1. The molecule has 0 aliphatic rings. The predicted octanol–water partition coefficient (Wildman–Crippen LogP) is 5.14. The van der Waals surface area contributed by atoms with E-state index in [9.17, 15) is 5.11 Å². The molecule has 0 aliphatic carbocycles. The Morgan fingerprint density at radius 1 is 0.882 bits per heavy atom. The average molecular weight is 263 g/mol. The predicted molar refractivity (Wildman–Crippen MR) is 77.7 cm³/mol. The van der Waals surface area contributed by atoms with Gasteiger partial charge >= 0.3 is 0 Å². The van der Waals surface area contributed by atoms with Gasteiger partial charge in [-0.05, 0) is 12.3 Å². The molecular formula is C15H31ClO. The fourth-order valence-corrected chi connectivity index (χ4v) is 2.50. The zero-order valence-electron chi connectivity index (χ0n) is 11.8. The Kier molecular flexibility index (Phi) is 12.9. The highest BCUT2D eigenvalue weighted by Gasteiger charge is 2.13. The van der Waals surface area contributed by atoms with E-state index in [-0.39, 0.29) is 6.10 Å². The molecule has 0 bridgehead atoms. The largest absolute Gasteiger partial charge is 0.392 e. The van der Waals surface area contributed by atoms with Gasteiger partial charge in [-0.1, -0.05) is 71.6 Å². The molecule has 0 rings (SSSR count). The summed E-state index contributed by atoms with van der Waals surface area (Å²) in [7, 11) is 0. The summed E-state index contributed by atoms with van der Waals surface area (Å²) in [5.41, 5.74) is 0. The number of aliphatic hydroxyl groups is 1. The third-order valence-corrected chi connectivity index (χ3v) is 3.82. The Hall–Kier alpha value is 0.250. The van der Waals surface area contributed by atoms with Crippen LogP contribution in [0.4, 0.5) is 0 Å². The maximum absolute atomic E-state index is 9.66. The van der Waals surface area contributed by atoms with Crippen molar-refractivity contribution in [2.24, 2.45) is 5.92 Å². The molecule has 0 aromatic heterocycles. The minimum absolute atomic E-state index is 0.297. The number of halogens is 1. The quantitative estimate of drug-likeness (QED) is 0.381. The molecule has 0 saturated carbocycles. The van der Waals surface area contributed by atoms with Crippen LogP contribution >= 0.6 is 11.6 Å². The lowest BCUT2D eigenvalue weighted by atomic mass is 9.90. The molecule has 1 nitrogen and oxygen atoms in total. The first-order valence-corrected chi connectivity index (χ1v) is 8.02. The van der Waals surface area contributed by atoms with Crippen LogP contribution < -0.4 is 0 Å². The van der Waals surface area contributed by atoms with Crippen molar-refractivity contribution >= 4 is 11.6 Å². The highest BCUT2D eigenvalue weighted by atomic mass is 35.5. The van der Waals surface area contributed by atoms with Gasteiger partial charge in [0.1, 0.15) is 0 Å². The SMILES string of the molecule is CCCCCCC(CCCCC)CC(O)CCl. The summed E-state index contributed by atoms with van der Waals surface area (Å²) in [6.07, 6.45) is 12.4. The van der Waals surface area contributed by atoms with Crippen LogP contribution in [0.1, 0.15) is 78.1 Å². The van der Waals surface area contributed by atoms with Crippen molar-refractivity contribution in [1.29, 1.82) is 0 Å². The van der Waals surface area contributed by atoms with Crippen molar-refractivity contribution in [3.63, 3.8) is 0 Å². The van der Waals surface area contributed by atoms with Gasteiger partial charge in [0.05, 0.1) is 6.10 Å². The summed E-state index contributed by atoms with van der Waals surface area (Å²) in [4.78, 5) is 0. The highest BCUT2D eigenvalue weighted by molar-refractivity contribution is 6.18. The molecule has 2 atom stereocenters. The molecule has 1 N–H and O–H groups in total. The lowest BCUT2D eigenvalue weighted by Crippen LogP contribution is -2.15. The van der Waals surface area contributed by atoms with Gasteiger partial charge in [-0.25, -0.2) is 0 Å². The summed E-state index contributed by atoms with van der Waals surface area (Å²) in [6, 6.07) is 0. The number of alkyl halides is 1. The first-order chi connectivity index (χ1) is 8.24. The van der Waals surface area contributed by atoms with Crippen LogP contribution in [0.3, 0.4) is 0 Å². The molecule has 17 heavy (non-hydrogen) atoms. The second-order valence-electron chi connectivity index (χ2n) is 5.25. The molecule has 2 heteroatoms. The van der Waals surface area contributed by atoms with Gasteiger partial charge in [-0.15, -0.1) is 11.6 Å². The van der Waals surface area contributed by atoms with Gasteiger partial charge in [0.2, 0.25) is 0 Å². The van der Waals surface area contributed by atoms with Crippen molar-refractivity contribution in [1.82, 2.24) is 0 Å². The van der Waals surface area contributed by atoms with Crippen molar-refractivity contribution < 1.29 is 5.11 Å². The molecular weight excluding hydrogens is 232 g/mol. The van der Waals surface area contributed by atoms with Crippen LogP contribution in [0, 0.1) is 5.92 Å². The molecule has 0 fully saturated rings. The Bertz CT molecular complexity index is 150. The Morgan fingerprint density at radius 2 is 1.41 bits per heavy atom. The van der Waals surface area contributed by atoms with E-state index < -0.39 is 0 Å². The van der Waals surface area contributed by atoms with Crippen molar-refractivity contribution in [3.8, 4) is 0 Å². The second-order valence-corrected chi connectivity index (χ2v) is 5.56. The molecule has 2 unspecified atom stereocenters. The minimum Gasteiger partial charge on any atom is -0.392 e. The molecule has 104 valence electrons. The van der Waals surface area contributed by atoms with Crippen LogP contribution in [0.2, 0.25) is 0 Å². The van der Waals surface area contributed by atoms with Gasteiger partial charge in [0.15, 0.2) is 0 Å². The Labute approximate surface area is 113 Å². The van der Waals surface area contributed by atoms with E-state index in [4.69, 9.17) is 11.6 Å². The third-order valence-electron chi connectivity index (χ3n) is 3.47. The summed E-state index contributed by atoms with van der Waals surface area (Å²) < 4.78 is 0. The van der Waals surface area contributed by atoms with E-state index in [1.54, 1.807) is 0 Å². The molecule has 0 aliphatic heterocycles. The fraction of sp³-hybridized carbons (Fsp3) is 1.00. The highest BCUT2D eigenvalue weighted by Crippen LogP contribution is 2.23. The average Bonchev–Trinajstić information content (AvgIpc) is 2.34. The number of aliphatic hydroxyl groups excluding tert-OH is 1. The summed E-state index contributed by atoms with van der Waals surface area (Å²) in [6.45, 7) is 4.49. The molecule has 0 spiro atoms. The maximum atomic E-state index is 9.66. The smallest absolute Gasteiger partial charge is 0.0678 e. The fourth-order valence-electron chi connectivity index (χ4n) is 2.37. The summed E-state index contributed by atoms with van der Waals surface area (Å²) in [5.74, 6) is 1.08. The van der Waals surface area contributed by atoms with Crippen LogP contribution in [0.25, 0.3) is 0 Å². The molecule has 0 aromatic carbocycles. The van der Waals surface area contributed by atoms with Crippen LogP contribution in [0.15, 0.2) is 0 Å². The van der Waals surface area contributed by atoms with Crippen LogP contribution in [-0.2, 0) is 0 Å². The first-order valence-electron chi connectivity index (χ1n) is 7.48. The zero-order valence-corrected chi connectivity index (χ0v) is 12.5. The normalized spacial score (nSPS) is 14.8. The van der Waals surface area contributed by atoms with Gasteiger partial charge in [0, 0.05) is 5.88 Å². The van der Waals surface area contributed by atoms with E-state index in [1.165, 1.54) is 57.8 Å². The zero-order chi connectivity index (χ0) is 12.9. The number of unbranched alkanes of at least 4 members (excludes halogenated alkanes) is 5. The summed E-state index contributed by atoms with van der Waals surface area (Å²) in [5, 5.41) is 9.66. The van der Waals surface area contributed by atoms with E-state index in [0.717, 1.165) is 6.42 Å². The van der Waals surface area contributed by atoms with Gasteiger partial charge in [-0.3, -0.25) is 0 Å². The maximum Gasteiger partial charge on any atom is 0.0678 e. The van der Waals surface area contributed by atoms with Crippen molar-refractivity contribution in [3.05, 3.63) is 0 Å². The Morgan fingerprint density at radius 3 is 1.94 bits per heavy atom. The monoisotopic (exact) mass is 262 g/mol. The topological polar surface area (TPSA) is 20.2 Å². The van der Waals surface area contributed by atoms with E-state index in [1.807, 2.05) is 0 Å². The van der Waals surface area contributed by atoms with Crippen LogP contribution in [-0.4, -0.2) is 17.1 Å². The van der Waals surface area contributed by atoms with Gasteiger partial charge < -0.3 is 5.11 Å². The first kappa shape index (κ1) is 17.2. The summed E-state index contributed by atoms with van der Waals surface area (Å²) >= 11 is 5.69.